The third-order valence-corrected chi connectivity index (χ3v) is 4.85. The molecule has 0 spiro atoms. The van der Waals surface area contributed by atoms with Gasteiger partial charge in [-0.15, -0.1) is 0 Å². The number of fused-ring (bicyclic) bond motifs is 3. The van der Waals surface area contributed by atoms with Crippen LogP contribution in [0.5, 0.6) is 0 Å². The van der Waals surface area contributed by atoms with E-state index in [0.717, 1.165) is 18.6 Å². The normalized spacial score (nSPS) is 12.6. The van der Waals surface area contributed by atoms with E-state index in [0.29, 0.717) is 23.6 Å². The van der Waals surface area contributed by atoms with Crippen LogP contribution in [0.15, 0.2) is 52.3 Å². The molecule has 2 heterocycles. The van der Waals surface area contributed by atoms with Gasteiger partial charge in [-0.1, -0.05) is 19.4 Å². The van der Waals surface area contributed by atoms with Crippen LogP contribution in [-0.2, 0) is 13.0 Å². The number of nitro benzene ring substituents is 1. The first-order chi connectivity index (χ1) is 14.4. The Morgan fingerprint density at radius 1 is 1.17 bits per heavy atom. The van der Waals surface area contributed by atoms with Crippen molar-refractivity contribution in [2.75, 3.05) is 0 Å². The van der Waals surface area contributed by atoms with Gasteiger partial charge in [0, 0.05) is 29.5 Å². The zero-order valence-electron chi connectivity index (χ0n) is 15.9. The summed E-state index contributed by atoms with van der Waals surface area (Å²) in [5, 5.41) is 11.4. The van der Waals surface area contributed by atoms with E-state index < -0.39 is 22.1 Å². The molecule has 7 nitrogen and oxygen atoms in total. The lowest BCUT2D eigenvalue weighted by atomic mass is 9.98. The van der Waals surface area contributed by atoms with Crippen LogP contribution in [0.2, 0.25) is 0 Å². The summed E-state index contributed by atoms with van der Waals surface area (Å²) < 4.78 is 30.9. The quantitative estimate of drug-likeness (QED) is 0.484. The first kappa shape index (κ1) is 19.6. The minimum Gasteiger partial charge on any atom is -0.300 e. The molecule has 1 aliphatic rings. The summed E-state index contributed by atoms with van der Waals surface area (Å²) in [5.41, 5.74) is 0.126. The SMILES string of the molecule is CCCc1cc(=O)nc2n1-c1ccc([N+](=O)[O-])cc1C(c1c(F)cccc1F)=NC2. The van der Waals surface area contributed by atoms with Gasteiger partial charge in [-0.05, 0) is 24.6 Å². The number of nitrogens with zero attached hydrogens (tertiary/aromatic N) is 4. The molecular weight excluding hydrogens is 394 g/mol. The zero-order chi connectivity index (χ0) is 21.4. The maximum atomic E-state index is 14.6. The molecule has 152 valence electrons. The van der Waals surface area contributed by atoms with Crippen molar-refractivity contribution in [2.24, 2.45) is 4.99 Å². The first-order valence-corrected chi connectivity index (χ1v) is 9.30. The lowest BCUT2D eigenvalue weighted by molar-refractivity contribution is -0.384. The monoisotopic (exact) mass is 410 g/mol. The third kappa shape index (κ3) is 3.28. The van der Waals surface area contributed by atoms with Gasteiger partial charge in [0.25, 0.3) is 11.2 Å². The Hall–Kier alpha value is -3.75. The van der Waals surface area contributed by atoms with Gasteiger partial charge in [0.1, 0.15) is 17.5 Å². The standard InChI is InChI=1S/C21H16F2N4O3/c1-2-4-12-10-19(28)25-18-11-24-21(20-15(22)5-3-6-16(20)23)14-9-13(27(29)30)7-8-17(14)26(12)18/h3,5-10H,2,4,11H2,1H3. The number of aliphatic imine (C=N–C) groups is 1. The Morgan fingerprint density at radius 3 is 2.57 bits per heavy atom. The van der Waals surface area contributed by atoms with Crippen LogP contribution in [0.3, 0.4) is 0 Å². The lowest BCUT2D eigenvalue weighted by Gasteiger charge is -2.18. The largest absolute Gasteiger partial charge is 0.300 e. The highest BCUT2D eigenvalue weighted by molar-refractivity contribution is 6.15. The van der Waals surface area contributed by atoms with Crippen molar-refractivity contribution in [1.29, 1.82) is 0 Å². The van der Waals surface area contributed by atoms with E-state index in [2.05, 4.69) is 9.98 Å². The number of non-ortho nitro benzene ring substituents is 1. The smallest absolute Gasteiger partial charge is 0.273 e. The molecule has 0 atom stereocenters. The van der Waals surface area contributed by atoms with Gasteiger partial charge in [0.15, 0.2) is 0 Å². The van der Waals surface area contributed by atoms with Crippen molar-refractivity contribution < 1.29 is 13.7 Å². The van der Waals surface area contributed by atoms with Gasteiger partial charge in [-0.2, -0.15) is 4.98 Å². The van der Waals surface area contributed by atoms with E-state index >= 15 is 0 Å². The van der Waals surface area contributed by atoms with Gasteiger partial charge in [-0.3, -0.25) is 24.5 Å². The average molecular weight is 410 g/mol. The van der Waals surface area contributed by atoms with E-state index in [1.807, 2.05) is 6.92 Å². The molecule has 4 rings (SSSR count). The Morgan fingerprint density at radius 2 is 1.90 bits per heavy atom. The molecule has 1 aromatic heterocycles. The summed E-state index contributed by atoms with van der Waals surface area (Å²) >= 11 is 0. The second-order valence-corrected chi connectivity index (χ2v) is 6.81. The molecule has 0 amide bonds. The fourth-order valence-electron chi connectivity index (χ4n) is 3.62. The predicted octanol–water partition coefficient (Wildman–Crippen LogP) is 3.72. The van der Waals surface area contributed by atoms with Crippen LogP contribution in [0.4, 0.5) is 14.5 Å². The molecule has 0 saturated carbocycles. The summed E-state index contributed by atoms with van der Waals surface area (Å²) in [6, 6.07) is 8.85. The van der Waals surface area contributed by atoms with Crippen LogP contribution < -0.4 is 5.56 Å². The maximum absolute atomic E-state index is 14.6. The number of hydrogen-bond acceptors (Lipinski definition) is 5. The van der Waals surface area contributed by atoms with Gasteiger partial charge in [0.05, 0.1) is 28.4 Å². The summed E-state index contributed by atoms with van der Waals surface area (Å²) in [6.45, 7) is 1.83. The van der Waals surface area contributed by atoms with Crippen LogP contribution >= 0.6 is 0 Å². The molecule has 0 fully saturated rings. The Balaban J connectivity index is 2.08. The van der Waals surface area contributed by atoms with Crippen LogP contribution in [0.25, 0.3) is 5.69 Å². The van der Waals surface area contributed by atoms with E-state index in [9.17, 15) is 23.7 Å². The van der Waals surface area contributed by atoms with E-state index in [1.165, 1.54) is 30.3 Å². The molecule has 0 N–H and O–H groups in total. The number of halogens is 2. The Labute approximate surface area is 169 Å². The highest BCUT2D eigenvalue weighted by atomic mass is 19.1. The van der Waals surface area contributed by atoms with Gasteiger partial charge in [-0.25, -0.2) is 8.78 Å². The molecule has 9 heteroatoms. The Kier molecular flexibility index (Phi) is 4.94. The first-order valence-electron chi connectivity index (χ1n) is 9.30. The average Bonchev–Trinajstić information content (AvgIpc) is 2.85. The molecule has 0 unspecified atom stereocenters. The van der Waals surface area contributed by atoms with E-state index in [1.54, 1.807) is 4.57 Å². The fraction of sp³-hybridized carbons (Fsp3) is 0.190. The third-order valence-electron chi connectivity index (χ3n) is 4.85. The molecular formula is C21H16F2N4O3. The summed E-state index contributed by atoms with van der Waals surface area (Å²) in [4.78, 5) is 31.2. The van der Waals surface area contributed by atoms with Crippen LogP contribution in [0.1, 0.15) is 36.0 Å². The molecule has 0 aliphatic carbocycles. The number of hydrogen-bond donors (Lipinski definition) is 0. The molecule has 1 aliphatic heterocycles. The minimum atomic E-state index is -0.839. The van der Waals surface area contributed by atoms with E-state index in [4.69, 9.17) is 0 Å². The molecule has 2 aromatic carbocycles. The van der Waals surface area contributed by atoms with Crippen molar-refractivity contribution in [1.82, 2.24) is 9.55 Å². The summed E-state index contributed by atoms with van der Waals surface area (Å²) in [5.74, 6) is -1.38. The zero-order valence-corrected chi connectivity index (χ0v) is 15.9. The van der Waals surface area contributed by atoms with Gasteiger partial charge in [0.2, 0.25) is 0 Å². The van der Waals surface area contributed by atoms with Crippen LogP contribution in [0, 0.1) is 21.7 Å². The fourth-order valence-corrected chi connectivity index (χ4v) is 3.62. The minimum absolute atomic E-state index is 0.0651. The van der Waals surface area contributed by atoms with Crippen molar-refractivity contribution in [3.63, 3.8) is 0 Å². The number of rotatable bonds is 4. The highest BCUT2D eigenvalue weighted by Crippen LogP contribution is 2.30. The summed E-state index contributed by atoms with van der Waals surface area (Å²) in [7, 11) is 0. The second-order valence-electron chi connectivity index (χ2n) is 6.81. The van der Waals surface area contributed by atoms with Crippen molar-refractivity contribution in [3.05, 3.63) is 97.2 Å². The molecule has 30 heavy (non-hydrogen) atoms. The van der Waals surface area contributed by atoms with Gasteiger partial charge < -0.3 is 0 Å². The number of aryl methyl sites for hydroxylation is 1. The van der Waals surface area contributed by atoms with Crippen molar-refractivity contribution in [2.45, 2.75) is 26.3 Å². The summed E-state index contributed by atoms with van der Waals surface area (Å²) in [6.07, 6.45) is 1.28. The second kappa shape index (κ2) is 7.58. The topological polar surface area (TPSA) is 90.4 Å². The van der Waals surface area contributed by atoms with Crippen molar-refractivity contribution >= 4 is 11.4 Å². The molecule has 3 aromatic rings. The predicted molar refractivity (Wildman–Crippen MR) is 106 cm³/mol. The van der Waals surface area contributed by atoms with E-state index in [-0.39, 0.29) is 29.1 Å². The lowest BCUT2D eigenvalue weighted by Crippen LogP contribution is -2.20. The number of benzene rings is 2. The number of aromatic nitrogens is 2. The number of nitro groups is 1. The maximum Gasteiger partial charge on any atom is 0.273 e. The van der Waals surface area contributed by atoms with Crippen molar-refractivity contribution in [3.8, 4) is 5.69 Å². The highest BCUT2D eigenvalue weighted by Gasteiger charge is 2.26. The molecule has 0 radical (unpaired) electrons. The molecule has 0 saturated heterocycles. The van der Waals surface area contributed by atoms with Crippen LogP contribution in [-0.4, -0.2) is 20.2 Å². The van der Waals surface area contributed by atoms with Gasteiger partial charge >= 0.3 is 0 Å². The Bertz CT molecular complexity index is 1250. The molecule has 0 bridgehead atoms.